The Balaban J connectivity index is 3.23. The summed E-state index contributed by atoms with van der Waals surface area (Å²) in [5.41, 5.74) is 0. The van der Waals surface area contributed by atoms with Gasteiger partial charge < -0.3 is 4.74 Å². The normalized spacial score (nSPS) is 10.5. The second-order valence-corrected chi connectivity index (χ2v) is 4.10. The Bertz CT molecular complexity index is 113. The first-order chi connectivity index (χ1) is 5.16. The summed E-state index contributed by atoms with van der Waals surface area (Å²) in [4.78, 5) is 11.0. The van der Waals surface area contributed by atoms with Crippen LogP contribution in [0.25, 0.3) is 0 Å². The van der Waals surface area contributed by atoms with Gasteiger partial charge in [-0.05, 0) is 12.2 Å². The molecule has 0 saturated carbocycles. The molecule has 2 nitrogen and oxygen atoms in total. The van der Waals surface area contributed by atoms with Gasteiger partial charge in [0.2, 0.25) is 0 Å². The van der Waals surface area contributed by atoms with E-state index in [1.54, 1.807) is 11.8 Å². The Morgan fingerprint density at radius 2 is 2.18 bits per heavy atom. The molecule has 0 fully saturated rings. The molecule has 0 aliphatic rings. The maximum absolute atomic E-state index is 11.0. The van der Waals surface area contributed by atoms with Crippen LogP contribution in [0.1, 0.15) is 20.8 Å². The minimum absolute atomic E-state index is 0.186. The molecular formula is C8H16O2S. The van der Waals surface area contributed by atoms with Crippen LogP contribution in [0, 0.1) is 0 Å². The maximum atomic E-state index is 11.0. The average molecular weight is 176 g/mol. The number of thioether (sulfide) groups is 1. The number of ketones is 1. The van der Waals surface area contributed by atoms with E-state index < -0.39 is 0 Å². The molecule has 0 amide bonds. The highest BCUT2D eigenvalue weighted by Crippen LogP contribution is 2.08. The van der Waals surface area contributed by atoms with E-state index in [4.69, 9.17) is 4.74 Å². The molecule has 0 unspecified atom stereocenters. The lowest BCUT2D eigenvalue weighted by molar-refractivity contribution is -0.120. The molecule has 0 saturated heterocycles. The van der Waals surface area contributed by atoms with Crippen LogP contribution in [0.5, 0.6) is 0 Å². The van der Waals surface area contributed by atoms with Gasteiger partial charge in [0, 0.05) is 6.61 Å². The summed E-state index contributed by atoms with van der Waals surface area (Å²) in [6.45, 7) is 6.95. The van der Waals surface area contributed by atoms with Gasteiger partial charge in [0.05, 0.1) is 5.75 Å². The fraction of sp³-hybridized carbons (Fsp3) is 0.875. The van der Waals surface area contributed by atoms with Crippen LogP contribution < -0.4 is 0 Å². The van der Waals surface area contributed by atoms with Gasteiger partial charge in [0.15, 0.2) is 5.78 Å². The second-order valence-electron chi connectivity index (χ2n) is 2.54. The van der Waals surface area contributed by atoms with Crippen molar-refractivity contribution in [1.82, 2.24) is 0 Å². The number of carbonyl (C=O) groups is 1. The summed E-state index contributed by atoms with van der Waals surface area (Å²) in [5.74, 6) is 0.767. The van der Waals surface area contributed by atoms with Crippen LogP contribution in [-0.4, -0.2) is 30.0 Å². The van der Waals surface area contributed by atoms with Crippen LogP contribution in [0.4, 0.5) is 0 Å². The zero-order chi connectivity index (χ0) is 8.69. The topological polar surface area (TPSA) is 26.3 Å². The van der Waals surface area contributed by atoms with E-state index >= 15 is 0 Å². The van der Waals surface area contributed by atoms with E-state index in [-0.39, 0.29) is 12.4 Å². The first-order valence-corrected chi connectivity index (χ1v) is 4.92. The van der Waals surface area contributed by atoms with Crippen molar-refractivity contribution in [2.24, 2.45) is 0 Å². The molecule has 0 aromatic carbocycles. The van der Waals surface area contributed by atoms with E-state index in [0.717, 1.165) is 0 Å². The summed E-state index contributed by atoms with van der Waals surface area (Å²) < 4.78 is 4.96. The number of carbonyl (C=O) groups excluding carboxylic acids is 1. The van der Waals surface area contributed by atoms with E-state index in [9.17, 15) is 4.79 Å². The quantitative estimate of drug-likeness (QED) is 0.616. The fourth-order valence-corrected chi connectivity index (χ4v) is 1.12. The average Bonchev–Trinajstić information content (AvgIpc) is 1.97. The minimum atomic E-state index is 0.186. The standard InChI is InChI=1S/C8H16O2S/c1-4-10-5-8(9)6-11-7(2)3/h7H,4-6H2,1-3H3. The highest BCUT2D eigenvalue weighted by atomic mass is 32.2. The van der Waals surface area contributed by atoms with Gasteiger partial charge in [-0.1, -0.05) is 13.8 Å². The summed E-state index contributed by atoms with van der Waals surface area (Å²) in [7, 11) is 0. The van der Waals surface area contributed by atoms with Gasteiger partial charge in [-0.3, -0.25) is 4.79 Å². The van der Waals surface area contributed by atoms with Gasteiger partial charge >= 0.3 is 0 Å². The SMILES string of the molecule is CCOCC(=O)CSC(C)C. The lowest BCUT2D eigenvalue weighted by atomic mass is 10.5. The molecule has 0 spiro atoms. The third-order valence-electron chi connectivity index (χ3n) is 1.04. The lowest BCUT2D eigenvalue weighted by Crippen LogP contribution is -2.12. The molecule has 3 heteroatoms. The molecule has 0 aliphatic carbocycles. The fourth-order valence-electron chi connectivity index (χ4n) is 0.517. The molecular weight excluding hydrogens is 160 g/mol. The van der Waals surface area contributed by atoms with Crippen molar-refractivity contribution in [3.8, 4) is 0 Å². The van der Waals surface area contributed by atoms with Crippen LogP contribution in [0.3, 0.4) is 0 Å². The summed E-state index contributed by atoms with van der Waals surface area (Å²) in [6.07, 6.45) is 0. The van der Waals surface area contributed by atoms with Gasteiger partial charge in [-0.25, -0.2) is 0 Å². The van der Waals surface area contributed by atoms with E-state index in [0.29, 0.717) is 17.6 Å². The first kappa shape index (κ1) is 11.0. The van der Waals surface area contributed by atoms with Crippen LogP contribution in [-0.2, 0) is 9.53 Å². The Kier molecular flexibility index (Phi) is 6.66. The maximum Gasteiger partial charge on any atom is 0.168 e. The zero-order valence-corrected chi connectivity index (χ0v) is 8.24. The Labute approximate surface area is 72.7 Å². The Morgan fingerprint density at radius 1 is 1.55 bits per heavy atom. The zero-order valence-electron chi connectivity index (χ0n) is 7.42. The molecule has 0 heterocycles. The van der Waals surface area contributed by atoms with E-state index in [1.165, 1.54) is 0 Å². The Morgan fingerprint density at radius 3 is 2.64 bits per heavy atom. The monoisotopic (exact) mass is 176 g/mol. The lowest BCUT2D eigenvalue weighted by Gasteiger charge is -2.03. The largest absolute Gasteiger partial charge is 0.374 e. The Hall–Kier alpha value is -0.0200. The number of Topliss-reactive ketones (excluding diaryl/α,β-unsaturated/α-hetero) is 1. The summed E-state index contributed by atoms with van der Waals surface area (Å²) in [5, 5.41) is 0.528. The van der Waals surface area contributed by atoms with Gasteiger partial charge in [0.25, 0.3) is 0 Å². The summed E-state index contributed by atoms with van der Waals surface area (Å²) in [6, 6.07) is 0. The minimum Gasteiger partial charge on any atom is -0.374 e. The van der Waals surface area contributed by atoms with Crippen molar-refractivity contribution in [3.63, 3.8) is 0 Å². The van der Waals surface area contributed by atoms with Crippen LogP contribution >= 0.6 is 11.8 Å². The van der Waals surface area contributed by atoms with Crippen molar-refractivity contribution in [2.45, 2.75) is 26.0 Å². The number of rotatable bonds is 6. The molecule has 66 valence electrons. The highest BCUT2D eigenvalue weighted by molar-refractivity contribution is 8.00. The smallest absolute Gasteiger partial charge is 0.168 e. The van der Waals surface area contributed by atoms with Crippen molar-refractivity contribution in [3.05, 3.63) is 0 Å². The van der Waals surface area contributed by atoms with Crippen molar-refractivity contribution in [1.29, 1.82) is 0 Å². The molecule has 11 heavy (non-hydrogen) atoms. The van der Waals surface area contributed by atoms with Crippen molar-refractivity contribution in [2.75, 3.05) is 19.0 Å². The third kappa shape index (κ3) is 7.88. The number of ether oxygens (including phenoxy) is 1. The molecule has 0 atom stereocenters. The third-order valence-corrected chi connectivity index (χ3v) is 2.20. The van der Waals surface area contributed by atoms with Gasteiger partial charge in [-0.2, -0.15) is 11.8 Å². The van der Waals surface area contributed by atoms with E-state index in [2.05, 4.69) is 13.8 Å². The predicted octanol–water partition coefficient (Wildman–Crippen LogP) is 1.73. The second kappa shape index (κ2) is 6.68. The van der Waals surface area contributed by atoms with Crippen molar-refractivity contribution < 1.29 is 9.53 Å². The highest BCUT2D eigenvalue weighted by Gasteiger charge is 2.02. The van der Waals surface area contributed by atoms with Gasteiger partial charge in [-0.15, -0.1) is 0 Å². The van der Waals surface area contributed by atoms with Gasteiger partial charge in [0.1, 0.15) is 6.61 Å². The molecule has 0 N–H and O–H groups in total. The van der Waals surface area contributed by atoms with Crippen molar-refractivity contribution >= 4 is 17.5 Å². The van der Waals surface area contributed by atoms with Crippen LogP contribution in [0.2, 0.25) is 0 Å². The first-order valence-electron chi connectivity index (χ1n) is 3.87. The molecule has 0 aromatic rings. The molecule has 0 rings (SSSR count). The molecule has 0 aromatic heterocycles. The number of hydrogen-bond acceptors (Lipinski definition) is 3. The van der Waals surface area contributed by atoms with Crippen LogP contribution in [0.15, 0.2) is 0 Å². The summed E-state index contributed by atoms with van der Waals surface area (Å²) >= 11 is 1.66. The molecule has 0 aliphatic heterocycles. The number of hydrogen-bond donors (Lipinski definition) is 0. The molecule has 0 radical (unpaired) electrons. The predicted molar refractivity (Wildman–Crippen MR) is 49.1 cm³/mol. The molecule has 0 bridgehead atoms. The van der Waals surface area contributed by atoms with E-state index in [1.807, 2.05) is 6.92 Å².